The van der Waals surface area contributed by atoms with E-state index in [1.165, 1.54) is 0 Å². The van der Waals surface area contributed by atoms with E-state index in [9.17, 15) is 5.11 Å². The predicted molar refractivity (Wildman–Crippen MR) is 73.3 cm³/mol. The van der Waals surface area contributed by atoms with Crippen LogP contribution in [0, 0.1) is 12.8 Å². The van der Waals surface area contributed by atoms with Gasteiger partial charge in [0.1, 0.15) is 5.75 Å². The molecule has 0 saturated carbocycles. The van der Waals surface area contributed by atoms with Crippen LogP contribution in [0.2, 0.25) is 5.02 Å². The molecule has 0 bridgehead atoms. The van der Waals surface area contributed by atoms with Gasteiger partial charge < -0.3 is 15.2 Å². The summed E-state index contributed by atoms with van der Waals surface area (Å²) in [6, 6.07) is 3.67. The van der Waals surface area contributed by atoms with Crippen LogP contribution in [0.5, 0.6) is 5.75 Å². The summed E-state index contributed by atoms with van der Waals surface area (Å²) in [5.41, 5.74) is 1.76. The molecule has 4 heteroatoms. The van der Waals surface area contributed by atoms with Gasteiger partial charge in [-0.15, -0.1) is 0 Å². The number of benzene rings is 1. The number of ether oxygens (including phenoxy) is 1. The number of piperidine rings is 1. The third-order valence-electron chi connectivity index (χ3n) is 3.57. The van der Waals surface area contributed by atoms with Crippen molar-refractivity contribution >= 4 is 11.6 Å². The lowest BCUT2D eigenvalue weighted by Gasteiger charge is -2.29. The first-order valence-corrected chi connectivity index (χ1v) is 6.74. The van der Waals surface area contributed by atoms with E-state index in [4.69, 9.17) is 16.3 Å². The molecule has 0 radical (unpaired) electrons. The second kappa shape index (κ2) is 5.91. The van der Waals surface area contributed by atoms with Gasteiger partial charge in [-0.2, -0.15) is 0 Å². The standard InChI is InChI=1S/C14H20ClNO2/c1-9-6-11(15)7-12(14(9)18-2)13(17)10-4-3-5-16-8-10/h6-7,10,13,16-17H,3-5,8H2,1-2H3. The van der Waals surface area contributed by atoms with Crippen molar-refractivity contribution in [1.29, 1.82) is 0 Å². The summed E-state index contributed by atoms with van der Waals surface area (Å²) < 4.78 is 5.40. The van der Waals surface area contributed by atoms with Gasteiger partial charge in [-0.3, -0.25) is 0 Å². The minimum absolute atomic E-state index is 0.227. The smallest absolute Gasteiger partial charge is 0.127 e. The Morgan fingerprint density at radius 2 is 2.28 bits per heavy atom. The van der Waals surface area contributed by atoms with Crippen molar-refractivity contribution in [3.05, 3.63) is 28.3 Å². The van der Waals surface area contributed by atoms with Crippen LogP contribution in [0.3, 0.4) is 0 Å². The summed E-state index contributed by atoms with van der Waals surface area (Å²) in [6.07, 6.45) is 1.61. The van der Waals surface area contributed by atoms with E-state index >= 15 is 0 Å². The largest absolute Gasteiger partial charge is 0.496 e. The first-order chi connectivity index (χ1) is 8.63. The van der Waals surface area contributed by atoms with E-state index in [1.807, 2.05) is 19.1 Å². The normalized spacial score (nSPS) is 21.7. The SMILES string of the molecule is COc1c(C)cc(Cl)cc1C(O)C1CCCNC1. The van der Waals surface area contributed by atoms with Crippen LogP contribution in [0.1, 0.15) is 30.1 Å². The van der Waals surface area contributed by atoms with Crippen molar-refractivity contribution in [2.45, 2.75) is 25.9 Å². The molecule has 2 atom stereocenters. The van der Waals surface area contributed by atoms with Crippen molar-refractivity contribution in [1.82, 2.24) is 5.32 Å². The number of methoxy groups -OCH3 is 1. The van der Waals surface area contributed by atoms with Crippen LogP contribution >= 0.6 is 11.6 Å². The lowest BCUT2D eigenvalue weighted by molar-refractivity contribution is 0.0896. The van der Waals surface area contributed by atoms with Crippen LogP contribution in [0.4, 0.5) is 0 Å². The molecule has 1 aromatic rings. The van der Waals surface area contributed by atoms with Crippen LogP contribution in [-0.2, 0) is 0 Å². The summed E-state index contributed by atoms with van der Waals surface area (Å²) in [5.74, 6) is 0.975. The van der Waals surface area contributed by atoms with Crippen molar-refractivity contribution in [3.8, 4) is 5.75 Å². The maximum absolute atomic E-state index is 10.5. The predicted octanol–water partition coefficient (Wildman–Crippen LogP) is 2.69. The van der Waals surface area contributed by atoms with Crippen LogP contribution in [0.15, 0.2) is 12.1 Å². The maximum Gasteiger partial charge on any atom is 0.127 e. The molecule has 18 heavy (non-hydrogen) atoms. The van der Waals surface area contributed by atoms with Crippen molar-refractivity contribution in [3.63, 3.8) is 0 Å². The van der Waals surface area contributed by atoms with Crippen molar-refractivity contribution < 1.29 is 9.84 Å². The van der Waals surface area contributed by atoms with E-state index in [-0.39, 0.29) is 5.92 Å². The summed E-state index contributed by atoms with van der Waals surface area (Å²) in [5, 5.41) is 14.5. The van der Waals surface area contributed by atoms with E-state index < -0.39 is 6.10 Å². The molecule has 1 aliphatic heterocycles. The van der Waals surface area contributed by atoms with Gasteiger partial charge in [0.2, 0.25) is 0 Å². The number of nitrogens with one attached hydrogen (secondary N) is 1. The molecule has 0 aliphatic carbocycles. The molecule has 2 unspecified atom stereocenters. The second-order valence-corrected chi connectivity index (χ2v) is 5.33. The molecular weight excluding hydrogens is 250 g/mol. The van der Waals surface area contributed by atoms with E-state index in [0.29, 0.717) is 5.02 Å². The average Bonchev–Trinajstić information content (AvgIpc) is 2.38. The molecule has 1 aromatic carbocycles. The van der Waals surface area contributed by atoms with E-state index in [2.05, 4.69) is 5.32 Å². The highest BCUT2D eigenvalue weighted by molar-refractivity contribution is 6.30. The lowest BCUT2D eigenvalue weighted by Crippen LogP contribution is -2.33. The number of aliphatic hydroxyl groups excluding tert-OH is 1. The number of aliphatic hydroxyl groups is 1. The first kappa shape index (κ1) is 13.7. The summed E-state index contributed by atoms with van der Waals surface area (Å²) in [6.45, 7) is 3.82. The molecule has 1 aliphatic rings. The second-order valence-electron chi connectivity index (χ2n) is 4.90. The number of aryl methyl sites for hydroxylation is 1. The van der Waals surface area contributed by atoms with Gasteiger partial charge in [0, 0.05) is 23.0 Å². The molecule has 1 saturated heterocycles. The molecule has 0 spiro atoms. The number of rotatable bonds is 3. The molecule has 2 N–H and O–H groups in total. The fourth-order valence-corrected chi connectivity index (χ4v) is 2.94. The highest BCUT2D eigenvalue weighted by Crippen LogP contribution is 2.37. The summed E-state index contributed by atoms with van der Waals surface area (Å²) in [7, 11) is 1.63. The zero-order valence-electron chi connectivity index (χ0n) is 10.9. The number of hydrogen-bond acceptors (Lipinski definition) is 3. The van der Waals surface area contributed by atoms with Gasteiger partial charge >= 0.3 is 0 Å². The summed E-state index contributed by atoms with van der Waals surface area (Å²) >= 11 is 6.08. The monoisotopic (exact) mass is 269 g/mol. The van der Waals surface area contributed by atoms with Crippen molar-refractivity contribution in [2.75, 3.05) is 20.2 Å². The molecule has 0 amide bonds. The number of hydrogen-bond donors (Lipinski definition) is 2. The molecule has 1 fully saturated rings. The third-order valence-corrected chi connectivity index (χ3v) is 3.79. The van der Waals surface area contributed by atoms with Gasteiger partial charge in [0.15, 0.2) is 0 Å². The van der Waals surface area contributed by atoms with E-state index in [0.717, 1.165) is 42.8 Å². The molecule has 3 nitrogen and oxygen atoms in total. The van der Waals surface area contributed by atoms with Crippen LogP contribution in [0.25, 0.3) is 0 Å². The molecule has 100 valence electrons. The Labute approximate surface area is 113 Å². The zero-order chi connectivity index (χ0) is 13.1. The summed E-state index contributed by atoms with van der Waals surface area (Å²) in [4.78, 5) is 0. The Morgan fingerprint density at radius 1 is 1.50 bits per heavy atom. The Morgan fingerprint density at radius 3 is 2.89 bits per heavy atom. The van der Waals surface area contributed by atoms with Gasteiger partial charge in [-0.05, 0) is 44.0 Å². The van der Waals surface area contributed by atoms with Gasteiger partial charge in [0.25, 0.3) is 0 Å². The first-order valence-electron chi connectivity index (χ1n) is 6.36. The quantitative estimate of drug-likeness (QED) is 0.887. The van der Waals surface area contributed by atoms with Crippen molar-refractivity contribution in [2.24, 2.45) is 5.92 Å². The minimum atomic E-state index is -0.523. The Bertz CT molecular complexity index is 417. The van der Waals surface area contributed by atoms with Gasteiger partial charge in [0.05, 0.1) is 13.2 Å². The number of halogens is 1. The average molecular weight is 270 g/mol. The Balaban J connectivity index is 2.30. The molecule has 2 rings (SSSR count). The fourth-order valence-electron chi connectivity index (χ4n) is 2.66. The van der Waals surface area contributed by atoms with Crippen LogP contribution < -0.4 is 10.1 Å². The van der Waals surface area contributed by atoms with Gasteiger partial charge in [-0.25, -0.2) is 0 Å². The molecule has 1 heterocycles. The maximum atomic E-state index is 10.5. The topological polar surface area (TPSA) is 41.5 Å². The molecule has 0 aromatic heterocycles. The molecular formula is C14H20ClNO2. The van der Waals surface area contributed by atoms with E-state index in [1.54, 1.807) is 7.11 Å². The van der Waals surface area contributed by atoms with Gasteiger partial charge in [-0.1, -0.05) is 11.6 Å². The Hall–Kier alpha value is -0.770. The lowest BCUT2D eigenvalue weighted by atomic mass is 9.88. The minimum Gasteiger partial charge on any atom is -0.496 e. The van der Waals surface area contributed by atoms with Crippen LogP contribution in [-0.4, -0.2) is 25.3 Å². The Kier molecular flexibility index (Phi) is 4.49. The third kappa shape index (κ3) is 2.79. The highest BCUT2D eigenvalue weighted by atomic mass is 35.5. The fraction of sp³-hybridized carbons (Fsp3) is 0.571. The zero-order valence-corrected chi connectivity index (χ0v) is 11.6. The highest BCUT2D eigenvalue weighted by Gasteiger charge is 2.26.